The summed E-state index contributed by atoms with van der Waals surface area (Å²) >= 11 is 0. The lowest BCUT2D eigenvalue weighted by atomic mass is 9.94. The second kappa shape index (κ2) is 7.17. The third-order valence-corrected chi connectivity index (χ3v) is 7.47. The summed E-state index contributed by atoms with van der Waals surface area (Å²) in [5.74, 6) is 1.87. The van der Waals surface area contributed by atoms with Gasteiger partial charge in [0.25, 0.3) is 5.89 Å². The van der Waals surface area contributed by atoms with Gasteiger partial charge in [0.2, 0.25) is 0 Å². The van der Waals surface area contributed by atoms with Gasteiger partial charge in [0.05, 0.1) is 31.0 Å². The Balaban J connectivity index is 1.16. The number of hydrogen-bond acceptors (Lipinski definition) is 6. The molecule has 0 radical (unpaired) electrons. The molecule has 0 bridgehead atoms. The van der Waals surface area contributed by atoms with E-state index in [2.05, 4.69) is 38.9 Å². The van der Waals surface area contributed by atoms with Crippen LogP contribution < -0.4 is 0 Å². The van der Waals surface area contributed by atoms with Crippen molar-refractivity contribution in [2.75, 3.05) is 32.8 Å². The molecule has 2 aliphatic heterocycles. The van der Waals surface area contributed by atoms with Crippen molar-refractivity contribution in [1.82, 2.24) is 24.8 Å². The van der Waals surface area contributed by atoms with E-state index in [1.165, 1.54) is 25.8 Å². The van der Waals surface area contributed by atoms with E-state index < -0.39 is 0 Å². The number of aromatic nitrogens is 4. The van der Waals surface area contributed by atoms with Crippen LogP contribution in [-0.2, 0) is 4.74 Å². The summed E-state index contributed by atoms with van der Waals surface area (Å²) in [6.45, 7) is 7.35. The SMILES string of the molecule is CCC1(CN2CCC(c3noc(-c4ccc5cnn(C6COC6)c5c4)n3)CC2)CC1. The van der Waals surface area contributed by atoms with Gasteiger partial charge in [0.15, 0.2) is 5.82 Å². The Morgan fingerprint density at radius 3 is 2.70 bits per heavy atom. The van der Waals surface area contributed by atoms with Crippen LogP contribution in [0.25, 0.3) is 22.4 Å². The fraction of sp³-hybridized carbons (Fsp3) is 0.609. The highest BCUT2D eigenvalue weighted by Gasteiger charge is 2.42. The van der Waals surface area contributed by atoms with Crippen molar-refractivity contribution in [1.29, 1.82) is 0 Å². The molecule has 0 N–H and O–H groups in total. The van der Waals surface area contributed by atoms with Gasteiger partial charge in [-0.15, -0.1) is 0 Å². The smallest absolute Gasteiger partial charge is 0.258 e. The normalized spacial score (nSPS) is 22.4. The molecule has 1 saturated carbocycles. The van der Waals surface area contributed by atoms with Crippen molar-refractivity contribution in [2.24, 2.45) is 5.41 Å². The van der Waals surface area contributed by atoms with E-state index in [-0.39, 0.29) is 0 Å². The lowest BCUT2D eigenvalue weighted by molar-refractivity contribution is -0.0266. The summed E-state index contributed by atoms with van der Waals surface area (Å²) < 4.78 is 13.1. The second-order valence-corrected chi connectivity index (χ2v) is 9.42. The van der Waals surface area contributed by atoms with Gasteiger partial charge in [-0.05, 0) is 62.7 Å². The summed E-state index contributed by atoms with van der Waals surface area (Å²) in [5.41, 5.74) is 2.68. The average Bonchev–Trinajstić information content (AvgIpc) is 3.15. The van der Waals surface area contributed by atoms with E-state index >= 15 is 0 Å². The van der Waals surface area contributed by atoms with Crippen molar-refractivity contribution >= 4 is 10.9 Å². The fourth-order valence-corrected chi connectivity index (χ4v) is 4.97. The number of hydrogen-bond donors (Lipinski definition) is 0. The maximum absolute atomic E-state index is 5.68. The first kappa shape index (κ1) is 18.5. The zero-order valence-electron chi connectivity index (χ0n) is 17.6. The van der Waals surface area contributed by atoms with Crippen LogP contribution in [-0.4, -0.2) is 57.7 Å². The molecule has 1 aromatic carbocycles. The number of benzene rings is 1. The standard InChI is InChI=1S/C23H29N5O2/c1-2-23(7-8-23)15-27-9-5-16(6-10-27)21-25-22(30-26-21)17-3-4-18-12-24-28(20(18)11-17)19-13-29-14-19/h3-4,11-12,16,19H,2,5-10,13-15H2,1H3. The van der Waals surface area contributed by atoms with E-state index in [1.807, 2.05) is 12.3 Å². The molecule has 3 fully saturated rings. The topological polar surface area (TPSA) is 69.2 Å². The molecule has 7 heteroatoms. The molecule has 158 valence electrons. The van der Waals surface area contributed by atoms with Gasteiger partial charge in [-0.2, -0.15) is 10.1 Å². The van der Waals surface area contributed by atoms with Crippen LogP contribution in [0.2, 0.25) is 0 Å². The Morgan fingerprint density at radius 1 is 1.17 bits per heavy atom. The molecule has 4 heterocycles. The molecule has 30 heavy (non-hydrogen) atoms. The molecule has 1 aliphatic carbocycles. The molecular weight excluding hydrogens is 378 g/mol. The highest BCUT2D eigenvalue weighted by Crippen LogP contribution is 2.49. The third kappa shape index (κ3) is 3.24. The van der Waals surface area contributed by atoms with Crippen molar-refractivity contribution in [3.05, 3.63) is 30.2 Å². The molecule has 0 spiro atoms. The van der Waals surface area contributed by atoms with E-state index in [0.717, 1.165) is 61.4 Å². The Labute approximate surface area is 176 Å². The van der Waals surface area contributed by atoms with Crippen LogP contribution in [0, 0.1) is 5.41 Å². The average molecular weight is 408 g/mol. The fourth-order valence-electron chi connectivity index (χ4n) is 4.97. The molecule has 6 rings (SSSR count). The van der Waals surface area contributed by atoms with Crippen LogP contribution in [0.15, 0.2) is 28.9 Å². The van der Waals surface area contributed by atoms with Gasteiger partial charge < -0.3 is 14.2 Å². The predicted molar refractivity (Wildman–Crippen MR) is 113 cm³/mol. The Morgan fingerprint density at radius 2 is 2.00 bits per heavy atom. The largest absolute Gasteiger partial charge is 0.377 e. The maximum Gasteiger partial charge on any atom is 0.258 e. The first-order valence-electron chi connectivity index (χ1n) is 11.3. The predicted octanol–water partition coefficient (Wildman–Crippen LogP) is 4.03. The molecule has 0 unspecified atom stereocenters. The minimum absolute atomic E-state index is 0.323. The Hall–Kier alpha value is -2.25. The van der Waals surface area contributed by atoms with Crippen molar-refractivity contribution < 1.29 is 9.26 Å². The van der Waals surface area contributed by atoms with Crippen LogP contribution in [0.3, 0.4) is 0 Å². The van der Waals surface area contributed by atoms with Gasteiger partial charge in [-0.25, -0.2) is 0 Å². The van der Waals surface area contributed by atoms with Gasteiger partial charge in [0, 0.05) is 23.4 Å². The van der Waals surface area contributed by atoms with Gasteiger partial charge in [0.1, 0.15) is 0 Å². The maximum atomic E-state index is 5.68. The van der Waals surface area contributed by atoms with Crippen LogP contribution in [0.1, 0.15) is 56.8 Å². The lowest BCUT2D eigenvalue weighted by Gasteiger charge is -2.33. The van der Waals surface area contributed by atoms with Crippen molar-refractivity contribution in [3.63, 3.8) is 0 Å². The minimum atomic E-state index is 0.323. The summed E-state index contributed by atoms with van der Waals surface area (Å²) in [7, 11) is 0. The van der Waals surface area contributed by atoms with E-state index in [9.17, 15) is 0 Å². The van der Waals surface area contributed by atoms with Crippen molar-refractivity contribution in [2.45, 2.75) is 51.0 Å². The molecule has 0 amide bonds. The lowest BCUT2D eigenvalue weighted by Crippen LogP contribution is -2.37. The first-order valence-corrected chi connectivity index (χ1v) is 11.3. The summed E-state index contributed by atoms with van der Waals surface area (Å²) in [4.78, 5) is 7.43. The number of nitrogens with zero attached hydrogens (tertiary/aromatic N) is 5. The highest BCUT2D eigenvalue weighted by atomic mass is 16.5. The second-order valence-electron chi connectivity index (χ2n) is 9.42. The molecular formula is C23H29N5O2. The summed E-state index contributed by atoms with van der Waals surface area (Å²) in [5, 5.41) is 10.0. The van der Waals surface area contributed by atoms with E-state index in [0.29, 0.717) is 23.3 Å². The van der Waals surface area contributed by atoms with E-state index in [4.69, 9.17) is 14.2 Å². The molecule has 3 aromatic rings. The highest BCUT2D eigenvalue weighted by molar-refractivity contribution is 5.83. The van der Waals surface area contributed by atoms with Gasteiger partial charge in [-0.3, -0.25) is 4.68 Å². The molecule has 0 atom stereocenters. The Bertz CT molecular complexity index is 1040. The number of likely N-dealkylation sites (tertiary alicyclic amines) is 1. The van der Waals surface area contributed by atoms with Gasteiger partial charge in [-0.1, -0.05) is 18.1 Å². The van der Waals surface area contributed by atoms with Crippen LogP contribution in [0.5, 0.6) is 0 Å². The first-order chi connectivity index (χ1) is 14.7. The van der Waals surface area contributed by atoms with E-state index in [1.54, 1.807) is 0 Å². The quantitative estimate of drug-likeness (QED) is 0.615. The molecule has 3 aliphatic rings. The monoisotopic (exact) mass is 407 g/mol. The van der Waals surface area contributed by atoms with Crippen LogP contribution >= 0.6 is 0 Å². The summed E-state index contributed by atoms with van der Waals surface area (Å²) in [6.07, 6.45) is 8.29. The zero-order chi connectivity index (χ0) is 20.1. The molecule has 2 aromatic heterocycles. The van der Waals surface area contributed by atoms with Crippen molar-refractivity contribution in [3.8, 4) is 11.5 Å². The third-order valence-electron chi connectivity index (χ3n) is 7.47. The number of ether oxygens (including phenoxy) is 1. The zero-order valence-corrected chi connectivity index (χ0v) is 17.6. The molecule has 2 saturated heterocycles. The molecule has 7 nitrogen and oxygen atoms in total. The minimum Gasteiger partial charge on any atom is -0.377 e. The summed E-state index contributed by atoms with van der Waals surface area (Å²) in [6, 6.07) is 6.56. The number of piperidine rings is 1. The van der Waals surface area contributed by atoms with Gasteiger partial charge >= 0.3 is 0 Å². The van der Waals surface area contributed by atoms with Crippen LogP contribution in [0.4, 0.5) is 0 Å². The number of rotatable bonds is 6. The number of fused-ring (bicyclic) bond motifs is 1. The Kier molecular flexibility index (Phi) is 4.42.